The van der Waals surface area contributed by atoms with Crippen molar-refractivity contribution < 1.29 is 13.6 Å². The highest BCUT2D eigenvalue weighted by atomic mass is 19.2. The number of halogens is 2. The van der Waals surface area contributed by atoms with Gasteiger partial charge in [0, 0.05) is 17.4 Å². The summed E-state index contributed by atoms with van der Waals surface area (Å²) in [6, 6.07) is 9.09. The molecule has 2 aromatic rings. The van der Waals surface area contributed by atoms with Crippen molar-refractivity contribution in [2.24, 2.45) is 0 Å². The van der Waals surface area contributed by atoms with Crippen molar-refractivity contribution in [1.82, 2.24) is 0 Å². The maximum absolute atomic E-state index is 13.0. The van der Waals surface area contributed by atoms with E-state index < -0.39 is 11.6 Å². The van der Waals surface area contributed by atoms with E-state index in [9.17, 15) is 13.6 Å². The van der Waals surface area contributed by atoms with Crippen molar-refractivity contribution in [3.05, 3.63) is 59.2 Å². The summed E-state index contributed by atoms with van der Waals surface area (Å²) >= 11 is 0. The zero-order valence-corrected chi connectivity index (χ0v) is 11.8. The van der Waals surface area contributed by atoms with E-state index in [4.69, 9.17) is 0 Å². The lowest BCUT2D eigenvalue weighted by atomic mass is 10.1. The third-order valence-corrected chi connectivity index (χ3v) is 3.02. The predicted octanol–water partition coefficient (Wildman–Crippen LogP) is 3.63. The summed E-state index contributed by atoms with van der Waals surface area (Å²) < 4.78 is 25.8. The molecule has 110 valence electrons. The van der Waals surface area contributed by atoms with Crippen molar-refractivity contribution in [1.29, 1.82) is 0 Å². The van der Waals surface area contributed by atoms with Crippen LogP contribution in [0.3, 0.4) is 0 Å². The number of anilines is 2. The Morgan fingerprint density at radius 1 is 1.05 bits per heavy atom. The summed E-state index contributed by atoms with van der Waals surface area (Å²) in [6.45, 7) is 3.98. The number of benzene rings is 2. The summed E-state index contributed by atoms with van der Waals surface area (Å²) in [7, 11) is 0. The van der Waals surface area contributed by atoms with Gasteiger partial charge in [-0.25, -0.2) is 8.78 Å². The number of carbonyl (C=O) groups is 1. The Labute approximate surface area is 122 Å². The fraction of sp³-hybridized carbons (Fsp3) is 0.188. The van der Waals surface area contributed by atoms with Gasteiger partial charge in [-0.15, -0.1) is 0 Å². The normalized spacial score (nSPS) is 10.3. The molecule has 3 nitrogen and oxygen atoms in total. The Bertz CT molecular complexity index is 671. The van der Waals surface area contributed by atoms with Crippen LogP contribution in [0.1, 0.15) is 11.1 Å². The second-order valence-corrected chi connectivity index (χ2v) is 4.85. The maximum Gasteiger partial charge on any atom is 0.243 e. The number of hydrogen-bond donors (Lipinski definition) is 2. The molecular formula is C16H16F2N2O. The second kappa shape index (κ2) is 6.35. The van der Waals surface area contributed by atoms with Gasteiger partial charge in [0.05, 0.1) is 6.54 Å². The summed E-state index contributed by atoms with van der Waals surface area (Å²) in [5.74, 6) is -2.27. The molecule has 0 aliphatic carbocycles. The van der Waals surface area contributed by atoms with Crippen LogP contribution in [0.4, 0.5) is 20.2 Å². The molecule has 2 aromatic carbocycles. The van der Waals surface area contributed by atoms with E-state index in [1.807, 2.05) is 32.0 Å². The fourth-order valence-electron chi connectivity index (χ4n) is 1.97. The third kappa shape index (κ3) is 4.02. The van der Waals surface area contributed by atoms with E-state index in [2.05, 4.69) is 10.6 Å². The van der Waals surface area contributed by atoms with Crippen molar-refractivity contribution in [2.45, 2.75) is 13.8 Å². The SMILES string of the molecule is Cc1ccc(NCC(=O)Nc2ccc(F)c(F)c2)c(C)c1. The van der Waals surface area contributed by atoms with Crippen molar-refractivity contribution in [3.8, 4) is 0 Å². The molecule has 0 unspecified atom stereocenters. The van der Waals surface area contributed by atoms with Gasteiger partial charge in [-0.05, 0) is 37.6 Å². The number of nitrogens with one attached hydrogen (secondary N) is 2. The largest absolute Gasteiger partial charge is 0.376 e. The third-order valence-electron chi connectivity index (χ3n) is 3.02. The number of amides is 1. The molecule has 21 heavy (non-hydrogen) atoms. The van der Waals surface area contributed by atoms with Crippen molar-refractivity contribution >= 4 is 17.3 Å². The van der Waals surface area contributed by atoms with Crippen LogP contribution in [0.2, 0.25) is 0 Å². The molecule has 2 N–H and O–H groups in total. The van der Waals surface area contributed by atoms with Gasteiger partial charge in [0.15, 0.2) is 11.6 Å². The van der Waals surface area contributed by atoms with Crippen molar-refractivity contribution in [3.63, 3.8) is 0 Å². The molecule has 0 saturated carbocycles. The van der Waals surface area contributed by atoms with Crippen molar-refractivity contribution in [2.75, 3.05) is 17.2 Å². The quantitative estimate of drug-likeness (QED) is 0.902. The molecule has 0 radical (unpaired) electrons. The first-order chi connectivity index (χ1) is 9.95. The first-order valence-electron chi connectivity index (χ1n) is 6.52. The molecule has 0 saturated heterocycles. The van der Waals surface area contributed by atoms with Gasteiger partial charge in [-0.1, -0.05) is 17.7 Å². The Morgan fingerprint density at radius 2 is 1.81 bits per heavy atom. The minimum Gasteiger partial charge on any atom is -0.376 e. The minimum atomic E-state index is -0.991. The Morgan fingerprint density at radius 3 is 2.48 bits per heavy atom. The minimum absolute atomic E-state index is 0.0445. The zero-order valence-electron chi connectivity index (χ0n) is 11.8. The second-order valence-electron chi connectivity index (χ2n) is 4.85. The maximum atomic E-state index is 13.0. The van der Waals surface area contributed by atoms with Crippen LogP contribution in [-0.2, 0) is 4.79 Å². The summed E-state index contributed by atoms with van der Waals surface area (Å²) in [4.78, 5) is 11.8. The molecule has 0 aliphatic rings. The van der Waals surface area contributed by atoms with Gasteiger partial charge in [-0.3, -0.25) is 4.79 Å². The van der Waals surface area contributed by atoms with E-state index in [0.717, 1.165) is 28.9 Å². The van der Waals surface area contributed by atoms with Crippen LogP contribution >= 0.6 is 0 Å². The van der Waals surface area contributed by atoms with Gasteiger partial charge in [-0.2, -0.15) is 0 Å². The van der Waals surface area contributed by atoms with Gasteiger partial charge < -0.3 is 10.6 Å². The smallest absolute Gasteiger partial charge is 0.243 e. The molecule has 0 bridgehead atoms. The van der Waals surface area contributed by atoms with E-state index in [-0.39, 0.29) is 18.1 Å². The topological polar surface area (TPSA) is 41.1 Å². The van der Waals surface area contributed by atoms with Crippen LogP contribution in [0.5, 0.6) is 0 Å². The number of rotatable bonds is 4. The van der Waals surface area contributed by atoms with Crippen LogP contribution in [0, 0.1) is 25.5 Å². The van der Waals surface area contributed by atoms with E-state index >= 15 is 0 Å². The number of hydrogen-bond acceptors (Lipinski definition) is 2. The Kier molecular flexibility index (Phi) is 4.52. The molecule has 5 heteroatoms. The molecule has 0 spiro atoms. The predicted molar refractivity (Wildman–Crippen MR) is 79.4 cm³/mol. The summed E-state index contributed by atoms with van der Waals surface area (Å²) in [5, 5.41) is 5.51. The van der Waals surface area contributed by atoms with Crippen LogP contribution in [-0.4, -0.2) is 12.5 Å². The highest BCUT2D eigenvalue weighted by Crippen LogP contribution is 2.16. The first kappa shape index (κ1) is 15.0. The molecule has 0 aromatic heterocycles. The molecule has 2 rings (SSSR count). The van der Waals surface area contributed by atoms with Gasteiger partial charge >= 0.3 is 0 Å². The lowest BCUT2D eigenvalue weighted by Gasteiger charge is -2.10. The zero-order chi connectivity index (χ0) is 15.4. The number of carbonyl (C=O) groups excluding carboxylic acids is 1. The number of aryl methyl sites for hydroxylation is 2. The van der Waals surface area contributed by atoms with Crippen LogP contribution < -0.4 is 10.6 Å². The van der Waals surface area contributed by atoms with Crippen LogP contribution in [0.15, 0.2) is 36.4 Å². The Hall–Kier alpha value is -2.43. The van der Waals surface area contributed by atoms with E-state index in [1.165, 1.54) is 6.07 Å². The average Bonchev–Trinajstić information content (AvgIpc) is 2.42. The molecule has 0 aliphatic heterocycles. The molecule has 0 fully saturated rings. The summed E-state index contributed by atoms with van der Waals surface area (Å²) in [6.07, 6.45) is 0. The fourth-order valence-corrected chi connectivity index (χ4v) is 1.97. The molecular weight excluding hydrogens is 274 g/mol. The monoisotopic (exact) mass is 290 g/mol. The standard InChI is InChI=1S/C16H16F2N2O/c1-10-3-6-15(11(2)7-10)19-9-16(21)20-12-4-5-13(17)14(18)8-12/h3-8,19H,9H2,1-2H3,(H,20,21). The molecule has 0 heterocycles. The lowest BCUT2D eigenvalue weighted by Crippen LogP contribution is -2.22. The van der Waals surface area contributed by atoms with Gasteiger partial charge in [0.2, 0.25) is 5.91 Å². The van der Waals surface area contributed by atoms with Gasteiger partial charge in [0.25, 0.3) is 0 Å². The summed E-state index contributed by atoms with van der Waals surface area (Å²) in [5.41, 5.74) is 3.27. The van der Waals surface area contributed by atoms with Gasteiger partial charge in [0.1, 0.15) is 0 Å². The lowest BCUT2D eigenvalue weighted by molar-refractivity contribution is -0.114. The van der Waals surface area contributed by atoms with Crippen LogP contribution in [0.25, 0.3) is 0 Å². The van der Waals surface area contributed by atoms with E-state index in [1.54, 1.807) is 0 Å². The molecule has 0 atom stereocenters. The highest BCUT2D eigenvalue weighted by molar-refractivity contribution is 5.93. The average molecular weight is 290 g/mol. The Balaban J connectivity index is 1.94. The first-order valence-corrected chi connectivity index (χ1v) is 6.52. The van der Waals surface area contributed by atoms with E-state index in [0.29, 0.717) is 0 Å². The highest BCUT2D eigenvalue weighted by Gasteiger charge is 2.07. The molecule has 1 amide bonds.